The Kier molecular flexibility index (Phi) is 9.49. The van der Waals surface area contributed by atoms with Crippen molar-refractivity contribution >= 4 is 29.9 Å². The molecule has 0 saturated carbocycles. The third-order valence-corrected chi connectivity index (χ3v) is 4.02. The molecule has 0 radical (unpaired) electrons. The summed E-state index contributed by atoms with van der Waals surface area (Å²) >= 11 is 0. The number of morpholine rings is 1. The van der Waals surface area contributed by atoms with Gasteiger partial charge in [-0.1, -0.05) is 25.1 Å². The molecule has 6 nitrogen and oxygen atoms in total. The predicted octanol–water partition coefficient (Wildman–Crippen LogP) is 1.97. The van der Waals surface area contributed by atoms with Crippen LogP contribution >= 0.6 is 12.4 Å². The van der Waals surface area contributed by atoms with Crippen LogP contribution in [-0.4, -0.2) is 55.6 Å². The zero-order valence-electron chi connectivity index (χ0n) is 14.9. The van der Waals surface area contributed by atoms with E-state index in [2.05, 4.69) is 10.6 Å². The first kappa shape index (κ1) is 21.4. The maximum Gasteiger partial charge on any atom is 0.244 e. The zero-order valence-corrected chi connectivity index (χ0v) is 15.7. The van der Waals surface area contributed by atoms with Gasteiger partial charge in [0.05, 0.1) is 19.8 Å². The largest absolute Gasteiger partial charge is 0.378 e. The summed E-state index contributed by atoms with van der Waals surface area (Å²) in [6.07, 6.45) is 1.18. The number of nitrogens with zero attached hydrogens (tertiary/aromatic N) is 1. The van der Waals surface area contributed by atoms with Gasteiger partial charge in [-0.15, -0.1) is 12.4 Å². The van der Waals surface area contributed by atoms with Crippen LogP contribution in [0.2, 0.25) is 0 Å². The molecule has 1 saturated heterocycles. The molecule has 1 aromatic rings. The number of carbonyl (C=O) groups excluding carboxylic acids is 2. The molecular weight excluding hydrogens is 342 g/mol. The van der Waals surface area contributed by atoms with E-state index in [9.17, 15) is 9.59 Å². The van der Waals surface area contributed by atoms with Gasteiger partial charge in [0, 0.05) is 31.2 Å². The van der Waals surface area contributed by atoms with E-state index in [1.165, 1.54) is 0 Å². The number of hydrogen-bond donors (Lipinski definition) is 2. The van der Waals surface area contributed by atoms with Crippen molar-refractivity contribution in [1.82, 2.24) is 10.2 Å². The first-order chi connectivity index (χ1) is 11.6. The lowest BCUT2D eigenvalue weighted by molar-refractivity contribution is -0.135. The van der Waals surface area contributed by atoms with Crippen molar-refractivity contribution in [2.75, 3.05) is 38.2 Å². The lowest BCUT2D eigenvalue weighted by Gasteiger charge is -2.27. The lowest BCUT2D eigenvalue weighted by atomic mass is 10.1. The van der Waals surface area contributed by atoms with E-state index in [1.807, 2.05) is 38.1 Å². The van der Waals surface area contributed by atoms with Gasteiger partial charge < -0.3 is 20.3 Å². The number of hydrogen-bond acceptors (Lipinski definition) is 4. The van der Waals surface area contributed by atoms with E-state index in [1.54, 1.807) is 4.90 Å². The molecule has 2 N–H and O–H groups in total. The van der Waals surface area contributed by atoms with Gasteiger partial charge >= 0.3 is 0 Å². The highest BCUT2D eigenvalue weighted by Gasteiger charge is 2.22. The normalized spacial score (nSPS) is 16.6. The maximum absolute atomic E-state index is 12.5. The van der Waals surface area contributed by atoms with Gasteiger partial charge in [-0.05, 0) is 25.0 Å². The highest BCUT2D eigenvalue weighted by atomic mass is 35.5. The van der Waals surface area contributed by atoms with Crippen molar-refractivity contribution in [3.05, 3.63) is 29.8 Å². The monoisotopic (exact) mass is 369 g/mol. The summed E-state index contributed by atoms with van der Waals surface area (Å²) in [6, 6.07) is 7.65. The number of amides is 2. The quantitative estimate of drug-likeness (QED) is 0.771. The van der Waals surface area contributed by atoms with Crippen molar-refractivity contribution < 1.29 is 14.3 Å². The summed E-state index contributed by atoms with van der Waals surface area (Å²) in [7, 11) is 0. The Morgan fingerprint density at radius 1 is 1.36 bits per heavy atom. The van der Waals surface area contributed by atoms with Gasteiger partial charge in [0.1, 0.15) is 0 Å². The molecule has 1 aliphatic rings. The predicted molar refractivity (Wildman–Crippen MR) is 101 cm³/mol. The fourth-order valence-electron chi connectivity index (χ4n) is 2.73. The third-order valence-electron chi connectivity index (χ3n) is 4.02. The molecule has 1 fully saturated rings. The zero-order chi connectivity index (χ0) is 17.4. The Balaban J connectivity index is 0.00000312. The molecule has 0 bridgehead atoms. The summed E-state index contributed by atoms with van der Waals surface area (Å²) in [5.74, 6) is -0.182. The fourth-order valence-corrected chi connectivity index (χ4v) is 2.73. The van der Waals surface area contributed by atoms with Crippen LogP contribution in [0.1, 0.15) is 25.3 Å². The first-order valence-corrected chi connectivity index (χ1v) is 8.54. The van der Waals surface area contributed by atoms with E-state index in [0.717, 1.165) is 24.2 Å². The van der Waals surface area contributed by atoms with Gasteiger partial charge in [-0.25, -0.2) is 0 Å². The third kappa shape index (κ3) is 7.02. The SMILES string of the molecule is CCCN(CC(=O)Nc1ccccc1C)C(=O)CC1COCCN1.Cl. The van der Waals surface area contributed by atoms with E-state index in [0.29, 0.717) is 26.2 Å². The van der Waals surface area contributed by atoms with Crippen LogP contribution in [-0.2, 0) is 14.3 Å². The molecule has 140 valence electrons. The summed E-state index contributed by atoms with van der Waals surface area (Å²) in [6.45, 7) is 6.59. The number of carbonyl (C=O) groups is 2. The van der Waals surface area contributed by atoms with Crippen LogP contribution in [0.25, 0.3) is 0 Å². The summed E-state index contributed by atoms with van der Waals surface area (Å²) in [5, 5.41) is 6.16. The molecule has 1 unspecified atom stereocenters. The number of para-hydroxylation sites is 1. The van der Waals surface area contributed by atoms with E-state index in [4.69, 9.17) is 4.74 Å². The number of nitrogens with one attached hydrogen (secondary N) is 2. The molecule has 0 spiro atoms. The second-order valence-corrected chi connectivity index (χ2v) is 6.11. The Morgan fingerprint density at radius 3 is 2.76 bits per heavy atom. The highest BCUT2D eigenvalue weighted by Crippen LogP contribution is 2.13. The van der Waals surface area contributed by atoms with Crippen molar-refractivity contribution in [2.24, 2.45) is 0 Å². The average Bonchev–Trinajstić information content (AvgIpc) is 2.57. The second-order valence-electron chi connectivity index (χ2n) is 6.11. The summed E-state index contributed by atoms with van der Waals surface area (Å²) in [4.78, 5) is 26.4. The standard InChI is InChI=1S/C18H27N3O3.ClH/c1-3-9-21(18(23)11-15-13-24-10-8-19-15)12-17(22)20-16-7-5-4-6-14(16)2;/h4-7,15,19H,3,8-13H2,1-2H3,(H,20,22);1H. The summed E-state index contributed by atoms with van der Waals surface area (Å²) in [5.41, 5.74) is 1.79. The van der Waals surface area contributed by atoms with Gasteiger partial charge in [0.2, 0.25) is 11.8 Å². The number of anilines is 1. The van der Waals surface area contributed by atoms with E-state index in [-0.39, 0.29) is 36.8 Å². The van der Waals surface area contributed by atoms with Crippen LogP contribution in [0, 0.1) is 6.92 Å². The number of aryl methyl sites for hydroxylation is 1. The second kappa shape index (κ2) is 11.1. The molecule has 0 aromatic heterocycles. The summed E-state index contributed by atoms with van der Waals surface area (Å²) < 4.78 is 5.38. The minimum Gasteiger partial charge on any atom is -0.378 e. The van der Waals surface area contributed by atoms with Crippen LogP contribution in [0.5, 0.6) is 0 Å². The Bertz CT molecular complexity index is 562. The van der Waals surface area contributed by atoms with Crippen molar-refractivity contribution in [3.63, 3.8) is 0 Å². The van der Waals surface area contributed by atoms with Gasteiger partial charge in [-0.2, -0.15) is 0 Å². The van der Waals surface area contributed by atoms with Gasteiger partial charge in [-0.3, -0.25) is 9.59 Å². The van der Waals surface area contributed by atoms with Crippen molar-refractivity contribution in [1.29, 1.82) is 0 Å². The van der Waals surface area contributed by atoms with Crippen LogP contribution < -0.4 is 10.6 Å². The van der Waals surface area contributed by atoms with Crippen LogP contribution in [0.3, 0.4) is 0 Å². The number of benzene rings is 1. The molecule has 2 rings (SSSR count). The van der Waals surface area contributed by atoms with Crippen molar-refractivity contribution in [2.45, 2.75) is 32.7 Å². The Morgan fingerprint density at radius 2 is 2.12 bits per heavy atom. The van der Waals surface area contributed by atoms with Gasteiger partial charge in [0.15, 0.2) is 0 Å². The average molecular weight is 370 g/mol. The molecule has 7 heteroatoms. The van der Waals surface area contributed by atoms with Gasteiger partial charge in [0.25, 0.3) is 0 Å². The Hall–Kier alpha value is -1.63. The number of rotatable bonds is 7. The minimum absolute atomic E-state index is 0. The number of ether oxygens (including phenoxy) is 1. The Labute approximate surface area is 155 Å². The molecule has 1 heterocycles. The van der Waals surface area contributed by atoms with Crippen molar-refractivity contribution in [3.8, 4) is 0 Å². The molecule has 0 aliphatic carbocycles. The maximum atomic E-state index is 12.5. The van der Waals surface area contributed by atoms with E-state index < -0.39 is 0 Å². The molecule has 1 aromatic carbocycles. The number of halogens is 1. The van der Waals surface area contributed by atoms with Crippen LogP contribution in [0.15, 0.2) is 24.3 Å². The lowest BCUT2D eigenvalue weighted by Crippen LogP contribution is -2.46. The molecule has 1 atom stereocenters. The molecular formula is C18H28ClN3O3. The highest BCUT2D eigenvalue weighted by molar-refractivity contribution is 5.95. The minimum atomic E-state index is -0.168. The fraction of sp³-hybridized carbons (Fsp3) is 0.556. The van der Waals surface area contributed by atoms with Crippen LogP contribution in [0.4, 0.5) is 5.69 Å². The topological polar surface area (TPSA) is 70.7 Å². The first-order valence-electron chi connectivity index (χ1n) is 8.54. The smallest absolute Gasteiger partial charge is 0.244 e. The molecule has 25 heavy (non-hydrogen) atoms. The van der Waals surface area contributed by atoms with E-state index >= 15 is 0 Å². The molecule has 1 aliphatic heterocycles. The molecule has 2 amide bonds.